The molecule has 0 fully saturated rings. The standard InChI is InChI=1S/4H2S.2H2/h4*1H2;2*1H. The van der Waals surface area contributed by atoms with Gasteiger partial charge in [-0.2, -0.15) is 27.0 Å². The van der Waals surface area contributed by atoms with Crippen molar-refractivity contribution in [1.82, 2.24) is 0 Å². The van der Waals surface area contributed by atoms with Gasteiger partial charge in [-0.05, 0) is 0 Å². The predicted molar refractivity (Wildman–Crippen MR) is 45.3 cm³/mol. The molecular formula is H12S4. The third kappa shape index (κ3) is 9.99. The van der Waals surface area contributed by atoms with Crippen LogP contribution in [0.4, 0.5) is 0 Å². The smallest absolute Gasteiger partial charge is 0 e. The van der Waals surface area contributed by atoms with Crippen molar-refractivity contribution >= 4 is 54.0 Å². The van der Waals surface area contributed by atoms with Crippen LogP contribution in [0.2, 0.25) is 0 Å². The molecule has 0 radical (unpaired) electrons. The fraction of sp³-hybridized carbons (Fsp3) is 0. The molecule has 0 N–H and O–H groups in total. The van der Waals surface area contributed by atoms with Crippen LogP contribution in [0.1, 0.15) is 2.85 Å². The Kier molecular flexibility index (Phi) is 346. The summed E-state index contributed by atoms with van der Waals surface area (Å²) in [5.74, 6) is 0. The van der Waals surface area contributed by atoms with E-state index < -0.39 is 0 Å². The summed E-state index contributed by atoms with van der Waals surface area (Å²) >= 11 is 0. The lowest BCUT2D eigenvalue weighted by atomic mass is 32.1. The fourth-order valence-electron chi connectivity index (χ4n) is 0. The number of hydrogen-bond donors (Lipinski definition) is 0. The average Bonchev–Trinajstić information content (AvgIpc) is 0. The molecule has 0 aliphatic rings. The molecule has 0 aromatic heterocycles. The van der Waals surface area contributed by atoms with Crippen molar-refractivity contribution in [2.75, 3.05) is 0 Å². The molecule has 0 nitrogen and oxygen atoms in total. The average molecular weight is 140 g/mol. The number of thiol groups is 1. The molecule has 0 saturated carbocycles. The molecule has 0 bridgehead atoms. The van der Waals surface area contributed by atoms with E-state index in [1.807, 2.05) is 0 Å². The molecule has 0 atom stereocenters. The van der Waals surface area contributed by atoms with Crippen LogP contribution >= 0.6 is 27.0 Å². The second-order valence-corrected chi connectivity index (χ2v) is 0. The van der Waals surface area contributed by atoms with Gasteiger partial charge in [0.2, 0.25) is 0 Å². The Bertz CT molecular complexity index is 5.51. The summed E-state index contributed by atoms with van der Waals surface area (Å²) < 4.78 is 0. The maximum absolute atomic E-state index is 0. The van der Waals surface area contributed by atoms with Crippen LogP contribution in [0.3, 0.4) is 0 Å². The maximum Gasteiger partial charge on any atom is 0 e. The first-order chi connectivity index (χ1) is 0. The molecule has 4 heteroatoms. The third-order valence-electron chi connectivity index (χ3n) is 0. The number of hydrogen-bond acceptors (Lipinski definition) is 1. The van der Waals surface area contributed by atoms with E-state index in [1.54, 1.807) is 0 Å². The van der Waals surface area contributed by atoms with E-state index in [4.69, 9.17) is 0 Å². The van der Waals surface area contributed by atoms with Gasteiger partial charge in [0.25, 0.3) is 0 Å². The van der Waals surface area contributed by atoms with Gasteiger partial charge in [-0.15, -0.1) is 0 Å². The lowest BCUT2D eigenvalue weighted by molar-refractivity contribution is 7.36. The monoisotopic (exact) mass is 140 g/mol. The minimum atomic E-state index is 0. The van der Waals surface area contributed by atoms with Crippen molar-refractivity contribution in [3.8, 4) is 0 Å². The van der Waals surface area contributed by atoms with Crippen LogP contribution in [-0.4, -0.2) is 0 Å². The van der Waals surface area contributed by atoms with Gasteiger partial charge in [-0.1, -0.05) is 13.5 Å². The fourth-order valence-corrected chi connectivity index (χ4v) is 0. The quantitative estimate of drug-likeness (QED) is 0.252. The zero-order valence-electron chi connectivity index (χ0n) is 2.02. The summed E-state index contributed by atoms with van der Waals surface area (Å²) in [6.07, 6.45) is 0. The van der Waals surface area contributed by atoms with E-state index >= 15 is 0 Å². The molecule has 0 aliphatic heterocycles. The zero-order chi connectivity index (χ0) is 0. The SMILES string of the molecule is S.S.[HH].[HH].[SH-].[SH3+]. The Labute approximate surface area is 57.1 Å². The van der Waals surface area contributed by atoms with E-state index in [0.29, 0.717) is 0 Å². The second kappa shape index (κ2) is 26.0. The van der Waals surface area contributed by atoms with Crippen molar-refractivity contribution in [2.45, 2.75) is 0 Å². The van der Waals surface area contributed by atoms with Crippen molar-refractivity contribution in [3.05, 3.63) is 0 Å². The molecule has 0 amide bonds. The van der Waals surface area contributed by atoms with Crippen molar-refractivity contribution < 1.29 is 2.85 Å². The molecule has 0 aliphatic carbocycles. The normalized spacial score (nSPS) is 0. The van der Waals surface area contributed by atoms with Crippen molar-refractivity contribution in [3.63, 3.8) is 0 Å². The molecule has 4 heavy (non-hydrogen) atoms. The summed E-state index contributed by atoms with van der Waals surface area (Å²) in [4.78, 5) is 0. The largest absolute Gasteiger partial charge is 0.813 e. The maximum atomic E-state index is 0. The topological polar surface area (TPSA) is 0 Å². The van der Waals surface area contributed by atoms with Crippen LogP contribution in [0.15, 0.2) is 0 Å². The Balaban J connectivity index is 0. The van der Waals surface area contributed by atoms with E-state index in [0.717, 1.165) is 0 Å². The van der Waals surface area contributed by atoms with Gasteiger partial charge in [-0.3, -0.25) is 0 Å². The van der Waals surface area contributed by atoms with Crippen LogP contribution in [0, 0.1) is 0 Å². The van der Waals surface area contributed by atoms with E-state index in [9.17, 15) is 0 Å². The van der Waals surface area contributed by atoms with Gasteiger partial charge in [0.05, 0.1) is 0 Å². The first kappa shape index (κ1) is 53.3. The Morgan fingerprint density at radius 2 is 1.00 bits per heavy atom. The Hall–Kier alpha value is 1.40. The lowest BCUT2D eigenvalue weighted by Gasteiger charge is -0.813. The Morgan fingerprint density at radius 1 is 1.00 bits per heavy atom. The Morgan fingerprint density at radius 3 is 1.00 bits per heavy atom. The van der Waals surface area contributed by atoms with E-state index in [1.165, 1.54) is 0 Å². The summed E-state index contributed by atoms with van der Waals surface area (Å²) in [5, 5.41) is 0. The van der Waals surface area contributed by atoms with Gasteiger partial charge >= 0.3 is 0 Å². The molecule has 0 aromatic rings. The highest BCUT2D eigenvalue weighted by Crippen LogP contribution is 0.649. The molecule has 36 valence electrons. The van der Waals surface area contributed by atoms with Crippen LogP contribution in [0.5, 0.6) is 0 Å². The molecule has 0 saturated heterocycles. The van der Waals surface area contributed by atoms with Crippen LogP contribution < -0.4 is 0 Å². The van der Waals surface area contributed by atoms with Crippen LogP contribution in [-0.2, 0) is 27.0 Å². The van der Waals surface area contributed by atoms with E-state index in [-0.39, 0.29) is 56.8 Å². The lowest BCUT2D eigenvalue weighted by Crippen LogP contribution is -0.00340. The summed E-state index contributed by atoms with van der Waals surface area (Å²) in [6, 6.07) is 0. The van der Waals surface area contributed by atoms with E-state index in [2.05, 4.69) is 0 Å². The zero-order valence-corrected chi connectivity index (χ0v) is 6.07. The summed E-state index contributed by atoms with van der Waals surface area (Å²) in [6.45, 7) is 0. The molecule has 0 unspecified atom stereocenters. The first-order valence-corrected chi connectivity index (χ1v) is 0. The number of rotatable bonds is 0. The minimum Gasteiger partial charge on any atom is -0.813 e. The van der Waals surface area contributed by atoms with Crippen molar-refractivity contribution in [1.29, 1.82) is 0 Å². The highest BCUT2D eigenvalue weighted by Gasteiger charge is -0.0576. The molecule has 0 rings (SSSR count). The van der Waals surface area contributed by atoms with Crippen molar-refractivity contribution in [2.24, 2.45) is 0 Å². The van der Waals surface area contributed by atoms with Gasteiger partial charge in [-0.25, -0.2) is 0 Å². The summed E-state index contributed by atoms with van der Waals surface area (Å²) in [7, 11) is 0. The van der Waals surface area contributed by atoms with Gasteiger partial charge in [0.15, 0.2) is 0 Å². The molecular weight excluding hydrogens is 128 g/mol. The highest BCUT2D eigenvalue weighted by molar-refractivity contribution is 7.59. The molecule has 0 heterocycles. The highest BCUT2D eigenvalue weighted by atomic mass is 32.1. The second-order valence-electron chi connectivity index (χ2n) is 0. The third-order valence-corrected chi connectivity index (χ3v) is 0. The molecule has 0 aromatic carbocycles. The van der Waals surface area contributed by atoms with Gasteiger partial charge in [0, 0.05) is 2.85 Å². The molecule has 0 spiro atoms. The minimum absolute atomic E-state index is 0. The van der Waals surface area contributed by atoms with Gasteiger partial charge < -0.3 is 13.5 Å². The first-order valence-electron chi connectivity index (χ1n) is 0. The summed E-state index contributed by atoms with van der Waals surface area (Å²) in [5.41, 5.74) is 0. The van der Waals surface area contributed by atoms with Gasteiger partial charge in [0.1, 0.15) is 0 Å². The predicted octanol–water partition coefficient (Wildman–Crippen LogP) is -0.358. The van der Waals surface area contributed by atoms with Crippen LogP contribution in [0.25, 0.3) is 0 Å².